The third-order valence-electron chi connectivity index (χ3n) is 4.06. The van der Waals surface area contributed by atoms with Crippen LogP contribution in [0.4, 0.5) is 5.82 Å². The van der Waals surface area contributed by atoms with Crippen LogP contribution in [-0.4, -0.2) is 28.5 Å². The van der Waals surface area contributed by atoms with E-state index >= 15 is 0 Å². The van der Waals surface area contributed by atoms with Crippen molar-refractivity contribution in [1.29, 1.82) is 0 Å². The van der Waals surface area contributed by atoms with E-state index in [0.717, 1.165) is 40.9 Å². The van der Waals surface area contributed by atoms with E-state index in [0.29, 0.717) is 5.75 Å². The van der Waals surface area contributed by atoms with E-state index in [4.69, 9.17) is 0 Å². The van der Waals surface area contributed by atoms with Gasteiger partial charge in [-0.05, 0) is 48.8 Å². The van der Waals surface area contributed by atoms with Crippen LogP contribution in [0.1, 0.15) is 19.3 Å². The Balaban J connectivity index is 1.94. The Hall–Kier alpha value is -1.29. The number of rotatable bonds is 3. The van der Waals surface area contributed by atoms with Crippen molar-refractivity contribution in [2.24, 2.45) is 5.92 Å². The first-order valence-electron chi connectivity index (χ1n) is 7.16. The molecule has 4 heteroatoms. The molecule has 0 saturated carbocycles. The Kier molecular flexibility index (Phi) is 4.10. The van der Waals surface area contributed by atoms with Crippen molar-refractivity contribution in [3.63, 3.8) is 0 Å². The lowest BCUT2D eigenvalue weighted by molar-refractivity contribution is 0.406. The third-order valence-corrected chi connectivity index (χ3v) is 4.52. The Morgan fingerprint density at radius 2 is 2.25 bits per heavy atom. The molecule has 3 rings (SSSR count). The molecule has 2 aromatic rings. The molecule has 1 aliphatic heterocycles. The number of anilines is 1. The van der Waals surface area contributed by atoms with E-state index in [9.17, 15) is 5.11 Å². The van der Waals surface area contributed by atoms with Crippen molar-refractivity contribution in [3.8, 4) is 5.75 Å². The minimum Gasteiger partial charge on any atom is -0.508 e. The van der Waals surface area contributed by atoms with Crippen LogP contribution in [0, 0.1) is 5.92 Å². The number of alkyl halides is 1. The van der Waals surface area contributed by atoms with Crippen molar-refractivity contribution in [2.75, 3.05) is 23.3 Å². The monoisotopic (exact) mass is 334 g/mol. The molecule has 1 aliphatic rings. The second-order valence-corrected chi connectivity index (χ2v) is 6.26. The number of aromatic hydroxyl groups is 1. The second kappa shape index (κ2) is 6.00. The minimum absolute atomic E-state index is 0.306. The van der Waals surface area contributed by atoms with Gasteiger partial charge in [-0.25, -0.2) is 4.98 Å². The smallest absolute Gasteiger partial charge is 0.136 e. The van der Waals surface area contributed by atoms with Crippen LogP contribution in [0.25, 0.3) is 10.8 Å². The molecule has 1 N–H and O–H groups in total. The fourth-order valence-corrected chi connectivity index (χ4v) is 3.69. The maximum atomic E-state index is 9.74. The average Bonchev–Trinajstić information content (AvgIpc) is 2.47. The molecule has 0 spiro atoms. The van der Waals surface area contributed by atoms with E-state index in [1.165, 1.54) is 19.3 Å². The van der Waals surface area contributed by atoms with E-state index < -0.39 is 0 Å². The van der Waals surface area contributed by atoms with Gasteiger partial charge in [-0.15, -0.1) is 0 Å². The van der Waals surface area contributed by atoms with Gasteiger partial charge in [0.25, 0.3) is 0 Å². The third kappa shape index (κ3) is 2.75. The maximum absolute atomic E-state index is 9.74. The lowest BCUT2D eigenvalue weighted by atomic mass is 9.95. The van der Waals surface area contributed by atoms with Crippen molar-refractivity contribution in [2.45, 2.75) is 19.3 Å². The molecule has 3 nitrogen and oxygen atoms in total. The summed E-state index contributed by atoms with van der Waals surface area (Å²) >= 11 is 3.54. The number of halogens is 1. The molecular formula is C16H19BrN2O. The van der Waals surface area contributed by atoms with Gasteiger partial charge in [0.15, 0.2) is 0 Å². The number of aromatic nitrogens is 1. The summed E-state index contributed by atoms with van der Waals surface area (Å²) in [6, 6.07) is 7.51. The quantitative estimate of drug-likeness (QED) is 0.863. The lowest BCUT2D eigenvalue weighted by Gasteiger charge is -2.34. The summed E-state index contributed by atoms with van der Waals surface area (Å²) in [7, 11) is 0. The van der Waals surface area contributed by atoms with Crippen LogP contribution in [0.2, 0.25) is 0 Å². The number of fused-ring (bicyclic) bond motifs is 1. The van der Waals surface area contributed by atoms with Gasteiger partial charge in [-0.3, -0.25) is 0 Å². The number of hydrogen-bond donors (Lipinski definition) is 1. The summed E-state index contributed by atoms with van der Waals surface area (Å²) < 4.78 is 0. The first-order chi connectivity index (χ1) is 9.78. The molecule has 1 saturated heterocycles. The van der Waals surface area contributed by atoms with Crippen molar-refractivity contribution < 1.29 is 5.11 Å². The molecule has 2 heterocycles. The first kappa shape index (κ1) is 13.7. The van der Waals surface area contributed by atoms with Gasteiger partial charge in [0.2, 0.25) is 0 Å². The number of nitrogens with zero attached hydrogens (tertiary/aromatic N) is 2. The van der Waals surface area contributed by atoms with Gasteiger partial charge in [0, 0.05) is 30.0 Å². The van der Waals surface area contributed by atoms with E-state index in [1.54, 1.807) is 6.07 Å². The molecule has 1 fully saturated rings. The van der Waals surface area contributed by atoms with E-state index in [1.807, 2.05) is 24.4 Å². The highest BCUT2D eigenvalue weighted by Crippen LogP contribution is 2.31. The minimum atomic E-state index is 0.306. The summed E-state index contributed by atoms with van der Waals surface area (Å²) in [5, 5.41) is 13.0. The van der Waals surface area contributed by atoms with Crippen molar-refractivity contribution in [1.82, 2.24) is 4.98 Å². The highest BCUT2D eigenvalue weighted by Gasteiger charge is 2.21. The molecule has 0 bridgehead atoms. The fourth-order valence-electron chi connectivity index (χ4n) is 3.04. The summed E-state index contributed by atoms with van der Waals surface area (Å²) in [6.45, 7) is 2.12. The van der Waals surface area contributed by atoms with E-state index in [-0.39, 0.29) is 0 Å². The number of hydrogen-bond acceptors (Lipinski definition) is 3. The van der Waals surface area contributed by atoms with Gasteiger partial charge >= 0.3 is 0 Å². The molecule has 20 heavy (non-hydrogen) atoms. The normalized spacial score (nSPS) is 19.4. The molecule has 0 amide bonds. The average molecular weight is 335 g/mol. The summed E-state index contributed by atoms with van der Waals surface area (Å²) in [5.74, 6) is 2.05. The SMILES string of the molecule is Oc1ccc2ccnc(N3CCCC(CCBr)C3)c2c1. The molecule has 0 aliphatic carbocycles. The van der Waals surface area contributed by atoms with Crippen LogP contribution in [0.15, 0.2) is 30.5 Å². The fraction of sp³-hybridized carbons (Fsp3) is 0.438. The van der Waals surface area contributed by atoms with Gasteiger partial charge < -0.3 is 10.0 Å². The highest BCUT2D eigenvalue weighted by molar-refractivity contribution is 9.09. The summed E-state index contributed by atoms with van der Waals surface area (Å²) in [5.41, 5.74) is 0. The Bertz CT molecular complexity index is 600. The zero-order chi connectivity index (χ0) is 13.9. The van der Waals surface area contributed by atoms with Crippen LogP contribution in [0.5, 0.6) is 5.75 Å². The number of pyridine rings is 1. The topological polar surface area (TPSA) is 36.4 Å². The Labute approximate surface area is 127 Å². The van der Waals surface area contributed by atoms with Crippen LogP contribution >= 0.6 is 15.9 Å². The molecule has 106 valence electrons. The predicted octanol–water partition coefficient (Wildman–Crippen LogP) is 3.94. The van der Waals surface area contributed by atoms with Crippen LogP contribution < -0.4 is 4.90 Å². The second-order valence-electron chi connectivity index (χ2n) is 5.47. The van der Waals surface area contributed by atoms with Crippen LogP contribution in [0.3, 0.4) is 0 Å². The van der Waals surface area contributed by atoms with Gasteiger partial charge in [0.1, 0.15) is 11.6 Å². The Morgan fingerprint density at radius 3 is 3.10 bits per heavy atom. The highest BCUT2D eigenvalue weighted by atomic mass is 79.9. The molecular weight excluding hydrogens is 316 g/mol. The number of phenolic OH excluding ortho intramolecular Hbond substituents is 1. The molecule has 1 unspecified atom stereocenters. The standard InChI is InChI=1S/C16H19BrN2O/c17-7-5-12-2-1-9-19(11-12)16-15-10-14(20)4-3-13(15)6-8-18-16/h3-4,6,8,10,12,20H,1-2,5,7,9,11H2. The lowest BCUT2D eigenvalue weighted by Crippen LogP contribution is -2.36. The number of phenols is 1. The molecule has 1 atom stereocenters. The maximum Gasteiger partial charge on any atom is 0.136 e. The van der Waals surface area contributed by atoms with Crippen LogP contribution in [-0.2, 0) is 0 Å². The molecule has 1 aromatic heterocycles. The number of benzene rings is 1. The number of piperidine rings is 1. The van der Waals surface area contributed by atoms with Gasteiger partial charge in [-0.1, -0.05) is 22.0 Å². The van der Waals surface area contributed by atoms with E-state index in [2.05, 4.69) is 25.8 Å². The van der Waals surface area contributed by atoms with Gasteiger partial charge in [0.05, 0.1) is 0 Å². The molecule has 0 radical (unpaired) electrons. The summed E-state index contributed by atoms with van der Waals surface area (Å²) in [6.07, 6.45) is 5.60. The molecule has 1 aromatic carbocycles. The largest absolute Gasteiger partial charge is 0.508 e. The predicted molar refractivity (Wildman–Crippen MR) is 86.8 cm³/mol. The summed E-state index contributed by atoms with van der Waals surface area (Å²) in [4.78, 5) is 6.94. The van der Waals surface area contributed by atoms with Gasteiger partial charge in [-0.2, -0.15) is 0 Å². The zero-order valence-corrected chi connectivity index (χ0v) is 13.0. The van der Waals surface area contributed by atoms with Crippen molar-refractivity contribution in [3.05, 3.63) is 30.5 Å². The Morgan fingerprint density at radius 1 is 1.35 bits per heavy atom. The zero-order valence-electron chi connectivity index (χ0n) is 11.4. The van der Waals surface area contributed by atoms with Crippen molar-refractivity contribution >= 4 is 32.5 Å². The first-order valence-corrected chi connectivity index (χ1v) is 8.28.